The fourth-order valence-corrected chi connectivity index (χ4v) is 2.30. The molecule has 2 rings (SSSR count). The molecule has 1 saturated carbocycles. The molecule has 0 aromatic heterocycles. The normalized spacial score (nSPS) is 19.2. The second-order valence-corrected chi connectivity index (χ2v) is 4.66. The number of hydrogen-bond donors (Lipinski definition) is 1. The Morgan fingerprint density at radius 3 is 2.56 bits per heavy atom. The van der Waals surface area contributed by atoms with Crippen molar-refractivity contribution >= 4 is 17.3 Å². The number of nitro groups is 1. The Labute approximate surface area is 98.0 Å². The third kappa shape index (κ3) is 1.68. The van der Waals surface area contributed by atoms with Crippen molar-refractivity contribution in [1.29, 1.82) is 0 Å². The fourth-order valence-electron chi connectivity index (χ4n) is 2.05. The van der Waals surface area contributed by atoms with Crippen LogP contribution in [0.15, 0.2) is 18.2 Å². The highest BCUT2D eigenvalue weighted by molar-refractivity contribution is 6.32. The van der Waals surface area contributed by atoms with Crippen molar-refractivity contribution in [2.75, 3.05) is 0 Å². The van der Waals surface area contributed by atoms with Gasteiger partial charge in [0.1, 0.15) is 5.02 Å². The molecule has 1 aromatic rings. The van der Waals surface area contributed by atoms with Crippen molar-refractivity contribution in [1.82, 2.24) is 0 Å². The van der Waals surface area contributed by atoms with Crippen LogP contribution >= 0.6 is 11.6 Å². The maximum atomic E-state index is 10.6. The maximum Gasteiger partial charge on any atom is 0.287 e. The SMILES string of the molecule is CC(O)C1(c2ccc([N+](=O)[O-])c(Cl)c2)CC1. The number of aliphatic hydroxyl groups is 1. The fraction of sp³-hybridized carbons (Fsp3) is 0.455. The summed E-state index contributed by atoms with van der Waals surface area (Å²) in [7, 11) is 0. The molecule has 1 N–H and O–H groups in total. The number of nitrogens with zero attached hydrogens (tertiary/aromatic N) is 1. The molecule has 1 aromatic carbocycles. The van der Waals surface area contributed by atoms with Gasteiger partial charge in [-0.3, -0.25) is 10.1 Å². The molecule has 0 radical (unpaired) electrons. The van der Waals surface area contributed by atoms with Gasteiger partial charge in [-0.15, -0.1) is 0 Å². The first-order chi connectivity index (χ1) is 7.47. The van der Waals surface area contributed by atoms with Gasteiger partial charge in [-0.05, 0) is 31.4 Å². The van der Waals surface area contributed by atoms with E-state index in [-0.39, 0.29) is 16.1 Å². The van der Waals surface area contributed by atoms with E-state index in [0.29, 0.717) is 0 Å². The van der Waals surface area contributed by atoms with E-state index in [1.165, 1.54) is 6.07 Å². The average Bonchev–Trinajstić information content (AvgIpc) is 2.97. The summed E-state index contributed by atoms with van der Waals surface area (Å²) in [5.74, 6) is 0. The predicted molar refractivity (Wildman–Crippen MR) is 60.7 cm³/mol. The summed E-state index contributed by atoms with van der Waals surface area (Å²) in [4.78, 5) is 10.1. The Kier molecular flexibility index (Phi) is 2.64. The lowest BCUT2D eigenvalue weighted by Gasteiger charge is -2.19. The molecular weight excluding hydrogens is 230 g/mol. The van der Waals surface area contributed by atoms with Crippen LogP contribution in [-0.4, -0.2) is 16.1 Å². The van der Waals surface area contributed by atoms with Crippen LogP contribution in [0.25, 0.3) is 0 Å². The Hall–Kier alpha value is -1.13. The smallest absolute Gasteiger partial charge is 0.287 e. The number of aliphatic hydroxyl groups excluding tert-OH is 1. The van der Waals surface area contributed by atoms with Crippen molar-refractivity contribution < 1.29 is 10.0 Å². The van der Waals surface area contributed by atoms with E-state index < -0.39 is 11.0 Å². The van der Waals surface area contributed by atoms with Crippen molar-refractivity contribution in [2.24, 2.45) is 0 Å². The molecule has 86 valence electrons. The number of hydrogen-bond acceptors (Lipinski definition) is 3. The number of rotatable bonds is 3. The highest BCUT2D eigenvalue weighted by atomic mass is 35.5. The van der Waals surface area contributed by atoms with Crippen LogP contribution in [0.4, 0.5) is 5.69 Å². The molecule has 0 aliphatic heterocycles. The third-order valence-electron chi connectivity index (χ3n) is 3.31. The lowest BCUT2D eigenvalue weighted by molar-refractivity contribution is -0.384. The third-order valence-corrected chi connectivity index (χ3v) is 3.61. The number of halogens is 1. The lowest BCUT2D eigenvalue weighted by Crippen LogP contribution is -2.22. The zero-order chi connectivity index (χ0) is 11.9. The first kappa shape index (κ1) is 11.4. The Bertz CT molecular complexity index is 441. The van der Waals surface area contributed by atoms with Crippen molar-refractivity contribution in [2.45, 2.75) is 31.3 Å². The summed E-state index contributed by atoms with van der Waals surface area (Å²) in [5.41, 5.74) is 0.559. The van der Waals surface area contributed by atoms with Gasteiger partial charge in [-0.2, -0.15) is 0 Å². The Morgan fingerprint density at radius 1 is 1.56 bits per heavy atom. The minimum Gasteiger partial charge on any atom is -0.392 e. The van der Waals surface area contributed by atoms with E-state index in [1.54, 1.807) is 19.1 Å². The van der Waals surface area contributed by atoms with E-state index in [2.05, 4.69) is 0 Å². The lowest BCUT2D eigenvalue weighted by atomic mass is 9.91. The second-order valence-electron chi connectivity index (χ2n) is 4.26. The first-order valence-electron chi connectivity index (χ1n) is 5.10. The zero-order valence-electron chi connectivity index (χ0n) is 8.81. The molecule has 1 aliphatic carbocycles. The van der Waals surface area contributed by atoms with Crippen molar-refractivity contribution in [3.05, 3.63) is 38.9 Å². The summed E-state index contributed by atoms with van der Waals surface area (Å²) >= 11 is 5.84. The van der Waals surface area contributed by atoms with E-state index in [4.69, 9.17) is 11.6 Å². The molecule has 0 saturated heterocycles. The predicted octanol–water partition coefficient (Wildman–Crippen LogP) is 2.66. The highest BCUT2D eigenvalue weighted by Gasteiger charge is 2.48. The minimum absolute atomic E-state index is 0.0909. The maximum absolute atomic E-state index is 10.6. The molecule has 1 atom stereocenters. The van der Waals surface area contributed by atoms with Gasteiger partial charge in [0.25, 0.3) is 5.69 Å². The van der Waals surface area contributed by atoms with E-state index >= 15 is 0 Å². The summed E-state index contributed by atoms with van der Waals surface area (Å²) < 4.78 is 0. The van der Waals surface area contributed by atoms with E-state index in [0.717, 1.165) is 18.4 Å². The van der Waals surface area contributed by atoms with E-state index in [1.807, 2.05) is 0 Å². The van der Waals surface area contributed by atoms with Crippen LogP contribution in [0.2, 0.25) is 5.02 Å². The molecule has 0 spiro atoms. The molecule has 0 amide bonds. The van der Waals surface area contributed by atoms with Gasteiger partial charge in [-0.25, -0.2) is 0 Å². The molecular formula is C11H12ClNO3. The van der Waals surface area contributed by atoms with Crippen LogP contribution in [-0.2, 0) is 5.41 Å². The average molecular weight is 242 g/mol. The summed E-state index contributed by atoms with van der Waals surface area (Å²) in [6.07, 6.45) is 1.35. The molecule has 5 heteroatoms. The van der Waals surface area contributed by atoms with Gasteiger partial charge >= 0.3 is 0 Å². The van der Waals surface area contributed by atoms with Crippen LogP contribution in [0.3, 0.4) is 0 Å². The molecule has 16 heavy (non-hydrogen) atoms. The van der Waals surface area contributed by atoms with Crippen molar-refractivity contribution in [3.63, 3.8) is 0 Å². The number of nitro benzene ring substituents is 1. The Balaban J connectivity index is 2.39. The van der Waals surface area contributed by atoms with Crippen LogP contribution in [0, 0.1) is 10.1 Å². The topological polar surface area (TPSA) is 63.4 Å². The molecule has 0 bridgehead atoms. The molecule has 1 aliphatic rings. The molecule has 0 heterocycles. The standard InChI is InChI=1S/C11H12ClNO3/c1-7(14)11(4-5-11)8-2-3-10(13(15)16)9(12)6-8/h2-3,6-7,14H,4-5H2,1H3. The monoisotopic (exact) mass is 241 g/mol. The van der Waals surface area contributed by atoms with Crippen LogP contribution in [0.1, 0.15) is 25.3 Å². The number of benzene rings is 1. The van der Waals surface area contributed by atoms with Gasteiger partial charge in [0.15, 0.2) is 0 Å². The van der Waals surface area contributed by atoms with Gasteiger partial charge < -0.3 is 5.11 Å². The molecule has 1 fully saturated rings. The van der Waals surface area contributed by atoms with Crippen LogP contribution in [0.5, 0.6) is 0 Å². The van der Waals surface area contributed by atoms with Gasteiger partial charge in [0.2, 0.25) is 0 Å². The van der Waals surface area contributed by atoms with Crippen LogP contribution < -0.4 is 0 Å². The van der Waals surface area contributed by atoms with Gasteiger partial charge in [0, 0.05) is 11.5 Å². The largest absolute Gasteiger partial charge is 0.392 e. The first-order valence-corrected chi connectivity index (χ1v) is 5.48. The van der Waals surface area contributed by atoms with Gasteiger partial charge in [0.05, 0.1) is 11.0 Å². The zero-order valence-corrected chi connectivity index (χ0v) is 9.57. The molecule has 4 nitrogen and oxygen atoms in total. The minimum atomic E-state index is -0.506. The quantitative estimate of drug-likeness (QED) is 0.654. The van der Waals surface area contributed by atoms with E-state index in [9.17, 15) is 15.2 Å². The second kappa shape index (κ2) is 3.71. The Morgan fingerprint density at radius 2 is 2.19 bits per heavy atom. The van der Waals surface area contributed by atoms with Crippen molar-refractivity contribution in [3.8, 4) is 0 Å². The summed E-state index contributed by atoms with van der Waals surface area (Å²) in [6.45, 7) is 1.74. The summed E-state index contributed by atoms with van der Waals surface area (Å²) in [5, 5.41) is 20.4. The molecule has 1 unspecified atom stereocenters. The van der Waals surface area contributed by atoms with Gasteiger partial charge in [-0.1, -0.05) is 17.7 Å². The summed E-state index contributed by atoms with van der Waals surface area (Å²) in [6, 6.07) is 4.68. The highest BCUT2D eigenvalue weighted by Crippen LogP contribution is 2.51.